The number of aromatic nitrogens is 15. The van der Waals surface area contributed by atoms with E-state index in [0.717, 1.165) is 39.8 Å². The first-order valence-electron chi connectivity index (χ1n) is 40.2. The van der Waals surface area contributed by atoms with Gasteiger partial charge in [-0.1, -0.05) is 175 Å². The molecule has 0 atom stereocenters. The summed E-state index contributed by atoms with van der Waals surface area (Å²) >= 11 is 0. The monoisotopic (exact) mass is 1540 g/mol. The Bertz CT molecular complexity index is 5930. The molecule has 0 aliphatic heterocycles. The van der Waals surface area contributed by atoms with Crippen LogP contribution in [0.5, 0.6) is 0 Å². The van der Waals surface area contributed by atoms with E-state index < -0.39 is 0 Å². The predicted molar refractivity (Wildman–Crippen MR) is 471 cm³/mol. The molecule has 16 aromatic rings. The fourth-order valence-electron chi connectivity index (χ4n) is 15.8. The van der Waals surface area contributed by atoms with Crippen molar-refractivity contribution in [3.8, 4) is 95.3 Å². The topological polar surface area (TPSA) is 108 Å². The molecule has 0 fully saturated rings. The molecule has 6 aromatic carbocycles. The molecule has 0 radical (unpaired) electrons. The van der Waals surface area contributed by atoms with Gasteiger partial charge in [-0.05, 0) is 219 Å². The molecule has 10 heterocycles. The Balaban J connectivity index is 0.000000136. The molecule has 116 heavy (non-hydrogen) atoms. The molecule has 15 heteroatoms. The molecule has 0 N–H and O–H groups in total. The highest BCUT2D eigenvalue weighted by atomic mass is 15.4. The Morgan fingerprint density at radius 1 is 0.293 bits per heavy atom. The van der Waals surface area contributed by atoms with E-state index >= 15 is 0 Å². The standard InChI is InChI=1S/C28H24N3.C22H28N3.C19H22N3.C18H20N3.C14H20N3/c1-21-16-17-29-18-27(21)31-20-24(19-30(31)2)28-25(22-10-5-3-6-11-22)14-9-15-26(28)23-12-7-4-8-13-23;1-15(2)19-8-7-9-20(16(3)4)22(19)18-13-24(6)25(14-18)21-12-23-11-10-17(21)5;1-13-8-6-9-14(2)18(13)17-12-15(3)19(16(4)20-17)22-11-7-10-21(22)5;1-13-8-9-19-10-17(13)21-12-16(11-20(21)4)18-14(2)6-5-7-15(18)3;1-10(2)13-9-11(3)14(12(4)15-13)17-8-6-7-16(17)5/h3-20H,1-2H3;7-16H,1-6H3;6-12H,1-5H3;5-12H,1-4H3;6-10H,1-5H3/q5*+1. The van der Waals surface area contributed by atoms with Crippen molar-refractivity contribution < 1.29 is 23.4 Å². The summed E-state index contributed by atoms with van der Waals surface area (Å²) in [6.45, 7) is 36.9. The van der Waals surface area contributed by atoms with Crippen molar-refractivity contribution in [2.24, 2.45) is 35.2 Å². The average Bonchev–Trinajstić information content (AvgIpc) is 1.59. The lowest BCUT2D eigenvalue weighted by Crippen LogP contribution is -2.37. The Hall–Kier alpha value is -12.9. The van der Waals surface area contributed by atoms with Gasteiger partial charge in [0.1, 0.15) is 28.4 Å². The van der Waals surface area contributed by atoms with Gasteiger partial charge in [-0.15, -0.1) is 46.8 Å². The minimum Gasteiger partial charge on any atom is -0.262 e. The van der Waals surface area contributed by atoms with Crippen LogP contribution < -0.4 is 23.4 Å². The lowest BCUT2D eigenvalue weighted by molar-refractivity contribution is -0.744. The second-order valence-corrected chi connectivity index (χ2v) is 31.5. The maximum absolute atomic E-state index is 4.89. The third kappa shape index (κ3) is 18.2. The zero-order valence-corrected chi connectivity index (χ0v) is 71.9. The molecule has 0 bridgehead atoms. The lowest BCUT2D eigenvalue weighted by Gasteiger charge is -2.17. The number of benzene rings is 6. The van der Waals surface area contributed by atoms with Crippen molar-refractivity contribution in [1.29, 1.82) is 0 Å². The van der Waals surface area contributed by atoms with Gasteiger partial charge in [0.15, 0.2) is 47.6 Å². The molecule has 10 aromatic heterocycles. The molecule has 0 aliphatic rings. The summed E-state index contributed by atoms with van der Waals surface area (Å²) in [5.74, 6) is 1.45. The first kappa shape index (κ1) is 82.6. The summed E-state index contributed by atoms with van der Waals surface area (Å²) in [5.41, 5.74) is 37.8. The highest BCUT2D eigenvalue weighted by Crippen LogP contribution is 2.41. The third-order valence-corrected chi connectivity index (χ3v) is 21.8. The van der Waals surface area contributed by atoms with Crippen LogP contribution in [0.2, 0.25) is 0 Å². The Morgan fingerprint density at radius 3 is 1.02 bits per heavy atom. The minimum absolute atomic E-state index is 0.472. The van der Waals surface area contributed by atoms with E-state index in [1.165, 1.54) is 134 Å². The highest BCUT2D eigenvalue weighted by molar-refractivity contribution is 5.94. The van der Waals surface area contributed by atoms with Gasteiger partial charge in [-0.2, -0.15) is 0 Å². The zero-order valence-electron chi connectivity index (χ0n) is 71.9. The molecule has 0 saturated heterocycles. The number of aryl methyl sites for hydroxylation is 16. The van der Waals surface area contributed by atoms with E-state index in [2.05, 4.69) is 402 Å². The largest absolute Gasteiger partial charge is 0.262 e. The fourth-order valence-corrected chi connectivity index (χ4v) is 15.8. The van der Waals surface area contributed by atoms with E-state index in [1.807, 2.05) is 87.9 Å². The Morgan fingerprint density at radius 2 is 0.655 bits per heavy atom. The number of pyridine rings is 5. The fraction of sp³-hybridized carbons (Fsp3) is 0.248. The first-order valence-corrected chi connectivity index (χ1v) is 40.2. The van der Waals surface area contributed by atoms with E-state index in [1.54, 1.807) is 0 Å². The Labute approximate surface area is 687 Å². The first-order chi connectivity index (χ1) is 55.7. The zero-order chi connectivity index (χ0) is 82.8. The van der Waals surface area contributed by atoms with E-state index in [9.17, 15) is 0 Å². The predicted octanol–water partition coefficient (Wildman–Crippen LogP) is 20.2. The quantitative estimate of drug-likeness (QED) is 0.101. The third-order valence-electron chi connectivity index (χ3n) is 21.8. The van der Waals surface area contributed by atoms with Gasteiger partial charge in [-0.3, -0.25) is 24.9 Å². The van der Waals surface area contributed by atoms with Crippen LogP contribution >= 0.6 is 0 Å². The molecule has 0 aliphatic carbocycles. The summed E-state index contributed by atoms with van der Waals surface area (Å²) in [5, 5.41) is 0. The van der Waals surface area contributed by atoms with Crippen LogP contribution in [-0.2, 0) is 35.2 Å². The van der Waals surface area contributed by atoms with Crippen LogP contribution in [0.3, 0.4) is 0 Å². The van der Waals surface area contributed by atoms with Crippen LogP contribution in [0.15, 0.2) is 275 Å². The summed E-state index contributed by atoms with van der Waals surface area (Å²) < 4.78 is 21.2. The van der Waals surface area contributed by atoms with Crippen LogP contribution in [0.4, 0.5) is 0 Å². The smallest absolute Gasteiger partial charge is 0.203 e. The summed E-state index contributed by atoms with van der Waals surface area (Å²) in [4.78, 5) is 22.5. The van der Waals surface area contributed by atoms with Crippen molar-refractivity contribution >= 4 is 0 Å². The molecule has 16 rings (SSSR count). The van der Waals surface area contributed by atoms with Gasteiger partial charge in [0.25, 0.3) is 0 Å². The average molecular weight is 1540 g/mol. The molecule has 15 nitrogen and oxygen atoms in total. The summed E-state index contributed by atoms with van der Waals surface area (Å²) in [6, 6.07) is 61.9. The summed E-state index contributed by atoms with van der Waals surface area (Å²) in [6.07, 6.45) is 32.7. The van der Waals surface area contributed by atoms with Gasteiger partial charge < -0.3 is 0 Å². The van der Waals surface area contributed by atoms with Crippen LogP contribution in [0.1, 0.15) is 138 Å². The molecule has 0 unspecified atom stereocenters. The normalized spacial score (nSPS) is 11.1. The van der Waals surface area contributed by atoms with Crippen molar-refractivity contribution in [1.82, 2.24) is 48.3 Å². The van der Waals surface area contributed by atoms with E-state index in [0.29, 0.717) is 17.8 Å². The van der Waals surface area contributed by atoms with Crippen molar-refractivity contribution in [3.63, 3.8) is 0 Å². The SMILES string of the molecule is Cc1cc(C(C)C)nc(C)c1-n1ccc[n+]1C.Cc1cccc(C)c1-c1cc(C)c(-n2ccc[n+]2C)c(C)n1.Cc1ccncc1-n1cc(-c2c(-c3ccccc3)cccc2-c2ccccc2)c[n+]1C.Cc1ccncc1-n1cc(-c2c(C(C)C)cccc2C(C)C)c[n+]1C.Cc1ccncc1-n1cc(-c2c(C)cccc2C)c[n+]1C. The molecule has 588 valence electrons. The molecule has 0 spiro atoms. The maximum atomic E-state index is 4.89. The Kier molecular flexibility index (Phi) is 26.0. The number of hydrogen-bond donors (Lipinski definition) is 0. The van der Waals surface area contributed by atoms with E-state index in [4.69, 9.17) is 9.97 Å². The van der Waals surface area contributed by atoms with Gasteiger partial charge in [0.05, 0.1) is 83.3 Å². The second kappa shape index (κ2) is 36.5. The van der Waals surface area contributed by atoms with Crippen molar-refractivity contribution in [2.45, 2.75) is 135 Å². The maximum Gasteiger partial charge on any atom is 0.203 e. The molecule has 0 saturated carbocycles. The highest BCUT2D eigenvalue weighted by Gasteiger charge is 2.26. The number of nitrogens with zero attached hydrogens (tertiary/aromatic N) is 15. The lowest BCUT2D eigenvalue weighted by atomic mass is 9.86. The van der Waals surface area contributed by atoms with E-state index in [-0.39, 0.29) is 0 Å². The summed E-state index contributed by atoms with van der Waals surface area (Å²) in [7, 11) is 10.3. The van der Waals surface area contributed by atoms with Crippen molar-refractivity contribution in [2.75, 3.05) is 0 Å². The van der Waals surface area contributed by atoms with Gasteiger partial charge in [-0.25, -0.2) is 0 Å². The van der Waals surface area contributed by atoms with Crippen molar-refractivity contribution in [3.05, 3.63) is 353 Å². The van der Waals surface area contributed by atoms with Crippen LogP contribution in [0.25, 0.3) is 95.3 Å². The minimum atomic E-state index is 0.472. The molecular weight excluding hydrogens is 1420 g/mol. The molecular formula is C101H114N15+5. The molecule has 0 amide bonds. The number of rotatable bonds is 14. The second-order valence-electron chi connectivity index (χ2n) is 31.5. The van der Waals surface area contributed by atoms with Crippen LogP contribution in [0, 0.1) is 76.2 Å². The number of hydrogen-bond acceptors (Lipinski definition) is 5. The van der Waals surface area contributed by atoms with Crippen LogP contribution in [-0.4, -0.2) is 48.3 Å². The van der Waals surface area contributed by atoms with Gasteiger partial charge in [0, 0.05) is 47.5 Å². The van der Waals surface area contributed by atoms with Gasteiger partial charge >= 0.3 is 0 Å². The van der Waals surface area contributed by atoms with Gasteiger partial charge in [0.2, 0.25) is 18.6 Å².